The first-order valence-electron chi connectivity index (χ1n) is 8.99. The van der Waals surface area contributed by atoms with Gasteiger partial charge in [-0.3, -0.25) is 0 Å². The quantitative estimate of drug-likeness (QED) is 0.486. The highest BCUT2D eigenvalue weighted by molar-refractivity contribution is 9.10. The molecule has 0 aliphatic carbocycles. The molecule has 3 rings (SSSR count). The number of hydrogen-bond acceptors (Lipinski definition) is 5. The Labute approximate surface area is 177 Å². The Hall–Kier alpha value is -1.87. The van der Waals surface area contributed by atoms with E-state index in [1.54, 1.807) is 0 Å². The second kappa shape index (κ2) is 8.65. The largest absolute Gasteiger partial charge is 0.396 e. The minimum absolute atomic E-state index is 0.0678. The third kappa shape index (κ3) is 4.25. The van der Waals surface area contributed by atoms with E-state index in [1.165, 1.54) is 11.3 Å². The normalized spacial score (nSPS) is 12.4. The van der Waals surface area contributed by atoms with Gasteiger partial charge in [-0.15, -0.1) is 0 Å². The van der Waals surface area contributed by atoms with Gasteiger partial charge >= 0.3 is 0 Å². The average Bonchev–Trinajstić information content (AvgIpc) is 2.96. The van der Waals surface area contributed by atoms with Gasteiger partial charge in [-0.1, -0.05) is 39.4 Å². The smallest absolute Gasteiger partial charge is 0.297 e. The highest BCUT2D eigenvalue weighted by Gasteiger charge is 2.31. The summed E-state index contributed by atoms with van der Waals surface area (Å²) < 4.78 is 4.98. The van der Waals surface area contributed by atoms with Crippen LogP contribution >= 0.6 is 27.3 Å². The van der Waals surface area contributed by atoms with E-state index in [4.69, 9.17) is 5.73 Å². The number of thiazole rings is 1. The van der Waals surface area contributed by atoms with Crippen molar-refractivity contribution >= 4 is 33.1 Å². The Morgan fingerprint density at radius 3 is 2.57 bits per heavy atom. The minimum atomic E-state index is -0.766. The molecule has 4 N–H and O–H groups in total. The van der Waals surface area contributed by atoms with Crippen molar-refractivity contribution in [3.63, 3.8) is 0 Å². The van der Waals surface area contributed by atoms with Gasteiger partial charge < -0.3 is 15.9 Å². The van der Waals surface area contributed by atoms with E-state index >= 15 is 0 Å². The molecular weight excluding hydrogens is 440 g/mol. The monoisotopic (exact) mass is 464 g/mol. The molecule has 2 heterocycles. The van der Waals surface area contributed by atoms with Crippen LogP contribution in [0, 0.1) is 13.8 Å². The van der Waals surface area contributed by atoms with Crippen LogP contribution in [-0.2, 0) is 20.0 Å². The molecule has 0 saturated heterocycles. The molecule has 0 aliphatic heterocycles. The third-order valence-electron chi connectivity index (χ3n) is 4.86. The summed E-state index contributed by atoms with van der Waals surface area (Å²) in [6.07, 6.45) is 1.76. The molecule has 3 aromatic rings. The number of aryl methyl sites for hydroxylation is 2. The zero-order chi connectivity index (χ0) is 20.4. The van der Waals surface area contributed by atoms with Gasteiger partial charge in [0.05, 0.1) is 11.9 Å². The second-order valence-electron chi connectivity index (χ2n) is 6.77. The van der Waals surface area contributed by atoms with Gasteiger partial charge in [0.15, 0.2) is 18.3 Å². The van der Waals surface area contributed by atoms with Crippen molar-refractivity contribution in [1.29, 1.82) is 0 Å². The fourth-order valence-corrected chi connectivity index (χ4v) is 4.63. The number of aliphatic hydroxyl groups excluding tert-OH is 2. The first-order valence-corrected chi connectivity index (χ1v) is 10.6. The summed E-state index contributed by atoms with van der Waals surface area (Å²) in [5.74, 6) is 1.32. The summed E-state index contributed by atoms with van der Waals surface area (Å²) in [5, 5.41) is 21.3. The molecule has 1 unspecified atom stereocenters. The molecular formula is C20H25BrN4O2S+2. The van der Waals surface area contributed by atoms with Crippen molar-refractivity contribution in [1.82, 2.24) is 4.98 Å². The van der Waals surface area contributed by atoms with E-state index < -0.39 is 6.10 Å². The maximum absolute atomic E-state index is 11.1. The molecule has 0 spiro atoms. The molecule has 148 valence electrons. The lowest BCUT2D eigenvalue weighted by Gasteiger charge is -2.08. The van der Waals surface area contributed by atoms with Crippen molar-refractivity contribution in [3.8, 4) is 0 Å². The summed E-state index contributed by atoms with van der Waals surface area (Å²) in [7, 11) is 1.94. The fraction of sp³-hybridized carbons (Fsp3) is 0.350. The minimum Gasteiger partial charge on any atom is -0.396 e. The number of rotatable bonds is 6. The van der Waals surface area contributed by atoms with Gasteiger partial charge in [0.2, 0.25) is 0 Å². The number of aliphatic hydroxyl groups is 2. The predicted octanol–water partition coefficient (Wildman–Crippen LogP) is 1.88. The van der Waals surface area contributed by atoms with Crippen molar-refractivity contribution in [2.75, 3.05) is 12.3 Å². The lowest BCUT2D eigenvalue weighted by atomic mass is 10.1. The lowest BCUT2D eigenvalue weighted by molar-refractivity contribution is -0.705. The molecule has 28 heavy (non-hydrogen) atoms. The summed E-state index contributed by atoms with van der Waals surface area (Å²) in [6.45, 7) is 4.49. The molecule has 0 aliphatic rings. The van der Waals surface area contributed by atoms with Crippen molar-refractivity contribution in [3.05, 3.63) is 67.5 Å². The fourth-order valence-electron chi connectivity index (χ4n) is 3.10. The van der Waals surface area contributed by atoms with Gasteiger partial charge in [-0.25, -0.2) is 4.57 Å². The molecule has 0 bridgehead atoms. The third-order valence-corrected chi connectivity index (χ3v) is 6.79. The molecule has 8 heteroatoms. The van der Waals surface area contributed by atoms with E-state index in [1.807, 2.05) is 55.9 Å². The van der Waals surface area contributed by atoms with Crippen molar-refractivity contribution in [2.45, 2.75) is 32.9 Å². The average molecular weight is 465 g/mol. The Kier molecular flexibility index (Phi) is 6.44. The van der Waals surface area contributed by atoms with Gasteiger partial charge in [0, 0.05) is 31.3 Å². The standard InChI is InChI=1S/C20H24BrN4O2S/c1-12-17(8-9-26)28-20(18(27)14-4-6-16(21)7-5-14)25(12)11-15-10-24(3)13(2)23-19(15)22/h4-7,10,18,22,26-27H,8-9,11H2,1-3H3/q+1/p+1. The Bertz CT molecular complexity index is 989. The molecule has 1 atom stereocenters. The number of nitrogen functional groups attached to an aromatic ring is 1. The number of benzene rings is 1. The maximum atomic E-state index is 11.1. The van der Waals surface area contributed by atoms with E-state index in [2.05, 4.69) is 25.5 Å². The van der Waals surface area contributed by atoms with Crippen LogP contribution in [0.1, 0.15) is 38.6 Å². The molecule has 0 saturated carbocycles. The van der Waals surface area contributed by atoms with Crippen molar-refractivity contribution < 1.29 is 19.3 Å². The number of anilines is 1. The Morgan fingerprint density at radius 2 is 1.93 bits per heavy atom. The highest BCUT2D eigenvalue weighted by Crippen LogP contribution is 2.29. The van der Waals surface area contributed by atoms with Crippen LogP contribution < -0.4 is 14.9 Å². The molecule has 2 aromatic heterocycles. The SMILES string of the molecule is Cc1nc(N)c(C[n+]2c(C(O)c3ccc(Br)cc3)sc(CCO)c2C)c[n+]1C. The maximum Gasteiger partial charge on any atom is 0.297 e. The van der Waals surface area contributed by atoms with Crippen LogP contribution in [0.4, 0.5) is 5.82 Å². The summed E-state index contributed by atoms with van der Waals surface area (Å²) in [5.41, 5.74) is 8.89. The van der Waals surface area contributed by atoms with Crippen LogP contribution in [0.15, 0.2) is 34.9 Å². The predicted molar refractivity (Wildman–Crippen MR) is 112 cm³/mol. The first-order chi connectivity index (χ1) is 13.3. The highest BCUT2D eigenvalue weighted by atomic mass is 79.9. The van der Waals surface area contributed by atoms with Gasteiger partial charge in [-0.05, 0) is 22.7 Å². The van der Waals surface area contributed by atoms with Crippen LogP contribution in [0.3, 0.4) is 0 Å². The first kappa shape index (κ1) is 20.9. The number of nitrogens with two attached hydrogens (primary N) is 1. The van der Waals surface area contributed by atoms with E-state index in [-0.39, 0.29) is 6.61 Å². The van der Waals surface area contributed by atoms with E-state index in [0.29, 0.717) is 18.8 Å². The van der Waals surface area contributed by atoms with Crippen LogP contribution in [0.2, 0.25) is 0 Å². The van der Waals surface area contributed by atoms with Crippen LogP contribution in [-0.4, -0.2) is 21.8 Å². The van der Waals surface area contributed by atoms with Gasteiger partial charge in [0.25, 0.3) is 16.6 Å². The summed E-state index contributed by atoms with van der Waals surface area (Å²) >= 11 is 4.95. The number of hydrogen-bond donors (Lipinski definition) is 3. The Balaban J connectivity index is 2.06. The molecule has 0 fully saturated rings. The van der Waals surface area contributed by atoms with Gasteiger partial charge in [-0.2, -0.15) is 4.57 Å². The topological polar surface area (TPSA) is 87.1 Å². The number of halogens is 1. The zero-order valence-electron chi connectivity index (χ0n) is 16.2. The Morgan fingerprint density at radius 1 is 1.25 bits per heavy atom. The molecule has 0 radical (unpaired) electrons. The summed E-state index contributed by atoms with van der Waals surface area (Å²) in [6, 6.07) is 7.64. The lowest BCUT2D eigenvalue weighted by Crippen LogP contribution is -2.43. The van der Waals surface area contributed by atoms with Crippen LogP contribution in [0.25, 0.3) is 0 Å². The second-order valence-corrected chi connectivity index (χ2v) is 8.80. The van der Waals surface area contributed by atoms with Gasteiger partial charge in [0.1, 0.15) is 11.8 Å². The molecule has 0 amide bonds. The van der Waals surface area contributed by atoms with Crippen LogP contribution in [0.5, 0.6) is 0 Å². The number of aromatic nitrogens is 3. The molecule has 1 aromatic carbocycles. The zero-order valence-corrected chi connectivity index (χ0v) is 18.6. The van der Waals surface area contributed by atoms with E-state index in [0.717, 1.165) is 37.0 Å². The van der Waals surface area contributed by atoms with Crippen molar-refractivity contribution in [2.24, 2.45) is 7.05 Å². The summed E-state index contributed by atoms with van der Waals surface area (Å²) in [4.78, 5) is 5.46. The number of nitrogens with zero attached hydrogens (tertiary/aromatic N) is 3. The molecule has 6 nitrogen and oxygen atoms in total. The van der Waals surface area contributed by atoms with E-state index in [9.17, 15) is 10.2 Å².